The van der Waals surface area contributed by atoms with Crippen molar-refractivity contribution in [2.24, 2.45) is 0 Å². The van der Waals surface area contributed by atoms with Crippen LogP contribution in [0.25, 0.3) is 16.9 Å². The fraction of sp³-hybridized carbons (Fsp3) is 0.296. The minimum absolute atomic E-state index is 0.00331. The van der Waals surface area contributed by atoms with Crippen molar-refractivity contribution < 1.29 is 4.79 Å². The van der Waals surface area contributed by atoms with Crippen LogP contribution in [0, 0.1) is 13.8 Å². The van der Waals surface area contributed by atoms with E-state index in [9.17, 15) is 4.79 Å². The number of benzene rings is 2. The third kappa shape index (κ3) is 4.79. The van der Waals surface area contributed by atoms with E-state index < -0.39 is 0 Å². The van der Waals surface area contributed by atoms with Crippen molar-refractivity contribution in [3.05, 3.63) is 89.4 Å². The fourth-order valence-electron chi connectivity index (χ4n) is 4.41. The van der Waals surface area contributed by atoms with Crippen LogP contribution >= 0.6 is 0 Å². The molecule has 1 saturated heterocycles. The molecule has 0 unspecified atom stereocenters. The molecule has 2 amide bonds. The highest BCUT2D eigenvalue weighted by atomic mass is 16.2. The first-order valence-corrected chi connectivity index (χ1v) is 11.8. The van der Waals surface area contributed by atoms with Crippen molar-refractivity contribution in [2.75, 3.05) is 26.2 Å². The van der Waals surface area contributed by atoms with E-state index in [4.69, 9.17) is 4.98 Å². The maximum atomic E-state index is 12.7. The summed E-state index contributed by atoms with van der Waals surface area (Å²) in [4.78, 5) is 26.4. The third-order valence-corrected chi connectivity index (χ3v) is 6.33. The van der Waals surface area contributed by atoms with Crippen molar-refractivity contribution in [3.8, 4) is 5.69 Å². The molecule has 1 aliphatic heterocycles. The van der Waals surface area contributed by atoms with E-state index in [2.05, 4.69) is 82.1 Å². The van der Waals surface area contributed by atoms with Gasteiger partial charge in [-0.1, -0.05) is 42.0 Å². The number of piperazine rings is 1. The average Bonchev–Trinajstić information content (AvgIpc) is 3.22. The number of urea groups is 1. The van der Waals surface area contributed by atoms with Gasteiger partial charge in [0.1, 0.15) is 11.3 Å². The highest BCUT2D eigenvalue weighted by Gasteiger charge is 2.23. The van der Waals surface area contributed by atoms with Gasteiger partial charge in [-0.05, 0) is 49.2 Å². The number of nitrogens with one attached hydrogen (secondary N) is 1. The second kappa shape index (κ2) is 9.65. The number of aromatic nitrogens is 3. The molecule has 1 N–H and O–H groups in total. The van der Waals surface area contributed by atoms with Gasteiger partial charge in [-0.15, -0.1) is 0 Å². The molecule has 34 heavy (non-hydrogen) atoms. The van der Waals surface area contributed by atoms with Crippen molar-refractivity contribution in [2.45, 2.75) is 26.9 Å². The lowest BCUT2D eigenvalue weighted by atomic mass is 10.1. The second-order valence-corrected chi connectivity index (χ2v) is 8.96. The normalized spacial score (nSPS) is 14.5. The lowest BCUT2D eigenvalue weighted by Crippen LogP contribution is -2.51. The molecular weight excluding hydrogens is 424 g/mol. The van der Waals surface area contributed by atoms with Gasteiger partial charge in [0.2, 0.25) is 0 Å². The Morgan fingerprint density at radius 3 is 2.50 bits per heavy atom. The smallest absolute Gasteiger partial charge is 0.317 e. The quantitative estimate of drug-likeness (QED) is 0.494. The van der Waals surface area contributed by atoms with Gasteiger partial charge in [0, 0.05) is 44.6 Å². The minimum Gasteiger partial charge on any atom is -0.334 e. The van der Waals surface area contributed by atoms with Gasteiger partial charge >= 0.3 is 6.03 Å². The van der Waals surface area contributed by atoms with E-state index in [1.54, 1.807) is 0 Å². The molecule has 1 aliphatic rings. The van der Waals surface area contributed by atoms with Crippen LogP contribution < -0.4 is 5.32 Å². The molecule has 0 radical (unpaired) electrons. The van der Waals surface area contributed by atoms with E-state index in [0.29, 0.717) is 26.2 Å². The van der Waals surface area contributed by atoms with E-state index in [1.165, 1.54) is 11.1 Å². The van der Waals surface area contributed by atoms with Gasteiger partial charge in [-0.2, -0.15) is 0 Å². The summed E-state index contributed by atoms with van der Waals surface area (Å²) in [6, 6.07) is 20.6. The number of fused-ring (bicyclic) bond motifs is 1. The molecule has 3 heterocycles. The molecule has 5 rings (SSSR count). The highest BCUT2D eigenvalue weighted by molar-refractivity contribution is 5.74. The van der Waals surface area contributed by atoms with Crippen LogP contribution in [0.5, 0.6) is 0 Å². The van der Waals surface area contributed by atoms with Gasteiger partial charge in [-0.3, -0.25) is 9.47 Å². The molecule has 2 aromatic heterocycles. The van der Waals surface area contributed by atoms with Gasteiger partial charge in [0.15, 0.2) is 5.65 Å². The Hall–Kier alpha value is -3.71. The number of rotatable bonds is 5. The minimum atomic E-state index is -0.00331. The summed E-state index contributed by atoms with van der Waals surface area (Å²) in [6.07, 6.45) is 1.81. The molecule has 7 heteroatoms. The lowest BCUT2D eigenvalue weighted by Gasteiger charge is -2.34. The molecule has 0 bridgehead atoms. The zero-order valence-corrected chi connectivity index (χ0v) is 19.7. The summed E-state index contributed by atoms with van der Waals surface area (Å²) >= 11 is 0. The Morgan fingerprint density at radius 1 is 0.941 bits per heavy atom. The molecule has 0 aliphatic carbocycles. The van der Waals surface area contributed by atoms with Crippen LogP contribution in [0.4, 0.5) is 4.79 Å². The number of hydrogen-bond acceptors (Lipinski definition) is 4. The maximum Gasteiger partial charge on any atom is 0.317 e. The summed E-state index contributed by atoms with van der Waals surface area (Å²) in [6.45, 7) is 8.43. The largest absolute Gasteiger partial charge is 0.334 e. The topological polar surface area (TPSA) is 66.3 Å². The van der Waals surface area contributed by atoms with E-state index in [-0.39, 0.29) is 6.03 Å². The van der Waals surface area contributed by atoms with Crippen molar-refractivity contribution in [1.82, 2.24) is 29.7 Å². The molecule has 174 valence electrons. The molecule has 0 atom stereocenters. The number of pyridine rings is 1. The van der Waals surface area contributed by atoms with Crippen molar-refractivity contribution >= 4 is 17.2 Å². The van der Waals surface area contributed by atoms with Crippen LogP contribution in [-0.4, -0.2) is 56.5 Å². The van der Waals surface area contributed by atoms with Crippen LogP contribution in [0.1, 0.15) is 22.5 Å². The number of carbonyl (C=O) groups excluding carboxylic acids is 1. The van der Waals surface area contributed by atoms with E-state index in [1.807, 2.05) is 23.2 Å². The lowest BCUT2D eigenvalue weighted by molar-refractivity contribution is 0.133. The summed E-state index contributed by atoms with van der Waals surface area (Å²) in [5.74, 6) is 0.969. The van der Waals surface area contributed by atoms with Crippen LogP contribution in [0.3, 0.4) is 0 Å². The number of hydrogen-bond donors (Lipinski definition) is 1. The number of nitrogens with zero attached hydrogens (tertiary/aromatic N) is 5. The second-order valence-electron chi connectivity index (χ2n) is 8.96. The zero-order valence-electron chi connectivity index (χ0n) is 19.7. The van der Waals surface area contributed by atoms with E-state index in [0.717, 1.165) is 41.3 Å². The van der Waals surface area contributed by atoms with E-state index >= 15 is 0 Å². The number of imidazole rings is 1. The maximum absolute atomic E-state index is 12.7. The molecular formula is C27H30N6O. The van der Waals surface area contributed by atoms with Gasteiger partial charge in [-0.25, -0.2) is 14.8 Å². The Bertz CT molecular complexity index is 1290. The Balaban J connectivity index is 1.24. The number of carbonyl (C=O) groups is 1. The third-order valence-electron chi connectivity index (χ3n) is 6.33. The van der Waals surface area contributed by atoms with Crippen molar-refractivity contribution in [3.63, 3.8) is 0 Å². The summed E-state index contributed by atoms with van der Waals surface area (Å²) < 4.78 is 2.16. The summed E-state index contributed by atoms with van der Waals surface area (Å²) in [5, 5.41) is 3.05. The Morgan fingerprint density at radius 2 is 1.74 bits per heavy atom. The first kappa shape index (κ1) is 22.1. The zero-order chi connectivity index (χ0) is 23.5. The number of aryl methyl sites for hydroxylation is 2. The van der Waals surface area contributed by atoms with Gasteiger partial charge < -0.3 is 10.2 Å². The van der Waals surface area contributed by atoms with Gasteiger partial charge in [0.25, 0.3) is 0 Å². The Labute approximate surface area is 200 Å². The first-order valence-electron chi connectivity index (χ1n) is 11.8. The molecule has 4 aromatic rings. The van der Waals surface area contributed by atoms with Crippen LogP contribution in [0.2, 0.25) is 0 Å². The highest BCUT2D eigenvalue weighted by Crippen LogP contribution is 2.22. The van der Waals surface area contributed by atoms with Gasteiger partial charge in [0.05, 0.1) is 6.54 Å². The predicted octanol–water partition coefficient (Wildman–Crippen LogP) is 4.06. The average molecular weight is 455 g/mol. The van der Waals surface area contributed by atoms with Crippen LogP contribution in [0.15, 0.2) is 66.9 Å². The standard InChI is InChI=1S/C27H30N6O/c1-20-8-10-22(11-9-20)18-29-27(34)32-15-13-31(14-16-32)19-25-30-24-7-4-12-28-26(24)33(25)23-6-3-5-21(2)17-23/h3-12,17H,13-16,18-19H2,1-2H3,(H,29,34). The SMILES string of the molecule is Cc1ccc(CNC(=O)N2CCN(Cc3nc4cccnc4n3-c3cccc(C)c3)CC2)cc1. The summed E-state index contributed by atoms with van der Waals surface area (Å²) in [7, 11) is 0. The molecule has 0 saturated carbocycles. The first-order chi connectivity index (χ1) is 16.6. The molecule has 1 fully saturated rings. The molecule has 2 aromatic carbocycles. The van der Waals surface area contributed by atoms with Crippen LogP contribution in [-0.2, 0) is 13.1 Å². The summed E-state index contributed by atoms with van der Waals surface area (Å²) in [5.41, 5.74) is 6.38. The molecule has 0 spiro atoms. The van der Waals surface area contributed by atoms with Crippen molar-refractivity contribution in [1.29, 1.82) is 0 Å². The monoisotopic (exact) mass is 454 g/mol. The predicted molar refractivity (Wildman–Crippen MR) is 134 cm³/mol. The molecule has 7 nitrogen and oxygen atoms in total. The number of amides is 2. The fourth-order valence-corrected chi connectivity index (χ4v) is 4.41. The Kier molecular flexibility index (Phi) is 6.27.